The lowest BCUT2D eigenvalue weighted by atomic mass is 10.1. The SMILES string of the molecule is CCOc1ccc([S+]2CCSCC2)c2ccccc12. The van der Waals surface area contributed by atoms with E-state index < -0.39 is 0 Å². The van der Waals surface area contributed by atoms with Gasteiger partial charge in [0.2, 0.25) is 0 Å². The topological polar surface area (TPSA) is 9.23 Å². The smallest absolute Gasteiger partial charge is 0.163 e. The van der Waals surface area contributed by atoms with Gasteiger partial charge in [-0.2, -0.15) is 11.8 Å². The molecule has 0 atom stereocenters. The summed E-state index contributed by atoms with van der Waals surface area (Å²) < 4.78 is 5.76. The second kappa shape index (κ2) is 6.10. The van der Waals surface area contributed by atoms with Crippen LogP contribution in [0, 0.1) is 0 Å². The number of rotatable bonds is 3. The predicted molar refractivity (Wildman–Crippen MR) is 87.8 cm³/mol. The van der Waals surface area contributed by atoms with E-state index in [2.05, 4.69) is 48.2 Å². The highest BCUT2D eigenvalue weighted by atomic mass is 32.2. The van der Waals surface area contributed by atoms with E-state index in [1.807, 2.05) is 6.92 Å². The van der Waals surface area contributed by atoms with Crippen molar-refractivity contribution in [3.63, 3.8) is 0 Å². The van der Waals surface area contributed by atoms with Crippen molar-refractivity contribution in [2.24, 2.45) is 0 Å². The second-order valence-corrected chi connectivity index (χ2v) is 8.02. The Hall–Kier alpha value is -0.800. The van der Waals surface area contributed by atoms with E-state index in [1.54, 1.807) is 4.90 Å². The van der Waals surface area contributed by atoms with E-state index in [1.165, 1.54) is 33.8 Å². The molecule has 1 aliphatic rings. The molecule has 3 heteroatoms. The van der Waals surface area contributed by atoms with Gasteiger partial charge in [-0.3, -0.25) is 0 Å². The van der Waals surface area contributed by atoms with E-state index in [4.69, 9.17) is 4.74 Å². The Kier molecular flexibility index (Phi) is 4.24. The second-order valence-electron chi connectivity index (χ2n) is 4.55. The van der Waals surface area contributed by atoms with Gasteiger partial charge in [-0.25, -0.2) is 0 Å². The third-order valence-corrected chi connectivity index (χ3v) is 7.28. The average molecular weight is 291 g/mol. The van der Waals surface area contributed by atoms with E-state index in [-0.39, 0.29) is 0 Å². The van der Waals surface area contributed by atoms with Gasteiger partial charge in [-0.1, -0.05) is 18.2 Å². The predicted octanol–water partition coefficient (Wildman–Crippen LogP) is 3.96. The molecule has 1 saturated heterocycles. The van der Waals surface area contributed by atoms with Crippen LogP contribution >= 0.6 is 11.8 Å². The molecule has 0 bridgehead atoms. The van der Waals surface area contributed by atoms with Crippen LogP contribution in [0.25, 0.3) is 10.8 Å². The van der Waals surface area contributed by atoms with Gasteiger partial charge >= 0.3 is 0 Å². The summed E-state index contributed by atoms with van der Waals surface area (Å²) in [5.41, 5.74) is 0. The molecule has 1 aliphatic heterocycles. The lowest BCUT2D eigenvalue weighted by Crippen LogP contribution is -2.21. The van der Waals surface area contributed by atoms with Crippen molar-refractivity contribution in [2.45, 2.75) is 11.8 Å². The van der Waals surface area contributed by atoms with Crippen LogP contribution in [0.5, 0.6) is 5.75 Å². The van der Waals surface area contributed by atoms with Crippen molar-refractivity contribution in [2.75, 3.05) is 29.6 Å². The summed E-state index contributed by atoms with van der Waals surface area (Å²) in [6.45, 7) is 2.77. The van der Waals surface area contributed by atoms with E-state index in [9.17, 15) is 0 Å². The summed E-state index contributed by atoms with van der Waals surface area (Å²) >= 11 is 2.09. The first-order valence-corrected chi connectivity index (χ1v) is 9.51. The fourth-order valence-electron chi connectivity index (χ4n) is 2.52. The third kappa shape index (κ3) is 2.72. The molecule has 100 valence electrons. The molecule has 2 aromatic carbocycles. The fraction of sp³-hybridized carbons (Fsp3) is 0.375. The van der Waals surface area contributed by atoms with Crippen LogP contribution in [-0.2, 0) is 10.9 Å². The van der Waals surface area contributed by atoms with Gasteiger partial charge < -0.3 is 4.74 Å². The third-order valence-electron chi connectivity index (χ3n) is 3.40. The maximum atomic E-state index is 5.76. The van der Waals surface area contributed by atoms with Crippen LogP contribution in [0.1, 0.15) is 6.92 Å². The Bertz CT molecular complexity index is 562. The Morgan fingerprint density at radius 2 is 1.79 bits per heavy atom. The molecule has 0 amide bonds. The molecule has 0 N–H and O–H groups in total. The molecule has 0 aromatic heterocycles. The monoisotopic (exact) mass is 291 g/mol. The molecule has 2 aromatic rings. The highest BCUT2D eigenvalue weighted by Crippen LogP contribution is 2.33. The minimum atomic E-state index is 0.429. The zero-order chi connectivity index (χ0) is 13.1. The van der Waals surface area contributed by atoms with Gasteiger partial charge in [0.05, 0.1) is 6.61 Å². The molecule has 0 unspecified atom stereocenters. The Labute approximate surface area is 122 Å². The zero-order valence-electron chi connectivity index (χ0n) is 11.2. The van der Waals surface area contributed by atoms with E-state index >= 15 is 0 Å². The van der Waals surface area contributed by atoms with Crippen LogP contribution in [0.15, 0.2) is 41.3 Å². The molecule has 1 fully saturated rings. The van der Waals surface area contributed by atoms with Gasteiger partial charge in [0.15, 0.2) is 4.90 Å². The maximum absolute atomic E-state index is 5.76. The van der Waals surface area contributed by atoms with Crippen LogP contribution in [-0.4, -0.2) is 29.6 Å². The number of hydrogen-bond acceptors (Lipinski definition) is 2. The van der Waals surface area contributed by atoms with Crippen molar-refractivity contribution in [3.05, 3.63) is 36.4 Å². The summed E-state index contributed by atoms with van der Waals surface area (Å²) in [6.07, 6.45) is 0. The van der Waals surface area contributed by atoms with Crippen LogP contribution < -0.4 is 4.74 Å². The van der Waals surface area contributed by atoms with Crippen molar-refractivity contribution in [3.8, 4) is 5.75 Å². The standard InChI is InChI=1S/C16H19OS2/c1-2-17-15-7-8-16(19-11-9-18-10-12-19)14-6-4-3-5-13(14)15/h3-8H,2,9-12H2,1H3/q+1. The van der Waals surface area contributed by atoms with E-state index in [0.717, 1.165) is 12.4 Å². The quantitative estimate of drug-likeness (QED) is 0.792. The summed E-state index contributed by atoms with van der Waals surface area (Å²) in [5.74, 6) is 6.32. The van der Waals surface area contributed by atoms with Crippen molar-refractivity contribution < 1.29 is 4.74 Å². The lowest BCUT2D eigenvalue weighted by molar-refractivity contribution is 0.344. The first-order chi connectivity index (χ1) is 9.40. The van der Waals surface area contributed by atoms with Gasteiger partial charge in [-0.15, -0.1) is 0 Å². The molecular formula is C16H19OS2+. The number of thioether (sulfide) groups is 1. The summed E-state index contributed by atoms with van der Waals surface area (Å²) in [6, 6.07) is 13.1. The van der Waals surface area contributed by atoms with Gasteiger partial charge in [0.1, 0.15) is 17.3 Å². The molecule has 1 heterocycles. The van der Waals surface area contributed by atoms with Gasteiger partial charge in [0.25, 0.3) is 0 Å². The number of fused-ring (bicyclic) bond motifs is 1. The number of benzene rings is 2. The first-order valence-electron chi connectivity index (χ1n) is 6.80. The Balaban J connectivity index is 2.07. The Morgan fingerprint density at radius 1 is 1.05 bits per heavy atom. The van der Waals surface area contributed by atoms with Crippen LogP contribution in [0.2, 0.25) is 0 Å². The van der Waals surface area contributed by atoms with Crippen molar-refractivity contribution in [1.82, 2.24) is 0 Å². The molecule has 19 heavy (non-hydrogen) atoms. The summed E-state index contributed by atoms with van der Waals surface area (Å²) in [7, 11) is 0.429. The molecule has 0 saturated carbocycles. The molecule has 0 radical (unpaired) electrons. The average Bonchev–Trinajstić information content (AvgIpc) is 2.49. The Morgan fingerprint density at radius 3 is 2.53 bits per heavy atom. The molecule has 1 nitrogen and oxygen atoms in total. The van der Waals surface area contributed by atoms with Crippen molar-refractivity contribution in [1.29, 1.82) is 0 Å². The van der Waals surface area contributed by atoms with Gasteiger partial charge in [-0.05, 0) is 25.1 Å². The van der Waals surface area contributed by atoms with Crippen molar-refractivity contribution >= 4 is 33.4 Å². The normalized spacial score (nSPS) is 16.7. The zero-order valence-corrected chi connectivity index (χ0v) is 12.9. The highest BCUT2D eigenvalue weighted by Gasteiger charge is 2.27. The molecule has 3 rings (SSSR count). The largest absolute Gasteiger partial charge is 0.493 e. The number of hydrogen-bond donors (Lipinski definition) is 0. The minimum absolute atomic E-state index is 0.429. The van der Waals surface area contributed by atoms with Gasteiger partial charge in [0, 0.05) is 33.2 Å². The molecular weight excluding hydrogens is 272 g/mol. The van der Waals surface area contributed by atoms with Crippen LogP contribution in [0.4, 0.5) is 0 Å². The number of ether oxygens (including phenoxy) is 1. The van der Waals surface area contributed by atoms with Crippen LogP contribution in [0.3, 0.4) is 0 Å². The van der Waals surface area contributed by atoms with E-state index in [0.29, 0.717) is 10.9 Å². The maximum Gasteiger partial charge on any atom is 0.163 e. The summed E-state index contributed by atoms with van der Waals surface area (Å²) in [5, 5.41) is 2.66. The first kappa shape index (κ1) is 13.2. The minimum Gasteiger partial charge on any atom is -0.493 e. The fourth-order valence-corrected chi connectivity index (χ4v) is 6.67. The summed E-state index contributed by atoms with van der Waals surface area (Å²) in [4.78, 5) is 1.54. The molecule has 0 aliphatic carbocycles. The lowest BCUT2D eigenvalue weighted by Gasteiger charge is -2.16. The highest BCUT2D eigenvalue weighted by molar-refractivity contribution is 8.05. The molecule has 0 spiro atoms.